The van der Waals surface area contributed by atoms with Crippen molar-refractivity contribution in [1.82, 2.24) is 0 Å². The van der Waals surface area contributed by atoms with Crippen molar-refractivity contribution in [3.63, 3.8) is 0 Å². The third kappa shape index (κ3) is 3.67. The number of nitrogens with one attached hydrogen (secondary N) is 1. The van der Waals surface area contributed by atoms with Gasteiger partial charge in [-0.25, -0.2) is 0 Å². The minimum absolute atomic E-state index is 0.387. The van der Waals surface area contributed by atoms with E-state index in [1.54, 1.807) is 27.2 Å². The van der Waals surface area contributed by atoms with Gasteiger partial charge in [0.15, 0.2) is 0 Å². The van der Waals surface area contributed by atoms with Gasteiger partial charge in [-0.05, 0) is 6.92 Å². The highest BCUT2D eigenvalue weighted by Gasteiger charge is 2.02. The van der Waals surface area contributed by atoms with E-state index in [0.717, 1.165) is 17.2 Å². The molecule has 0 fully saturated rings. The third-order valence-electron chi connectivity index (χ3n) is 1.95. The molecule has 0 spiro atoms. The molecule has 15 heavy (non-hydrogen) atoms. The second-order valence-corrected chi connectivity index (χ2v) is 3.33. The molecule has 84 valence electrons. The Morgan fingerprint density at radius 3 is 2.13 bits per heavy atom. The topological polar surface area (TPSA) is 50.7 Å². The predicted molar refractivity (Wildman–Crippen MR) is 59.7 cm³/mol. The van der Waals surface area contributed by atoms with Crippen LogP contribution in [0.1, 0.15) is 6.92 Å². The van der Waals surface area contributed by atoms with Crippen LogP contribution in [0, 0.1) is 0 Å². The number of anilines is 1. The summed E-state index contributed by atoms with van der Waals surface area (Å²) in [6.07, 6.45) is -0.387. The van der Waals surface area contributed by atoms with Gasteiger partial charge in [0.25, 0.3) is 0 Å². The molecule has 0 aromatic heterocycles. The molecule has 0 saturated heterocycles. The first-order valence-corrected chi connectivity index (χ1v) is 4.80. The fourth-order valence-electron chi connectivity index (χ4n) is 1.18. The van der Waals surface area contributed by atoms with Crippen molar-refractivity contribution in [2.45, 2.75) is 13.0 Å². The summed E-state index contributed by atoms with van der Waals surface area (Å²) in [5, 5.41) is 12.2. The third-order valence-corrected chi connectivity index (χ3v) is 1.95. The SMILES string of the molecule is COc1cc(NC[C@@H](C)O)cc(OC)c1. The van der Waals surface area contributed by atoms with Gasteiger partial charge < -0.3 is 19.9 Å². The van der Waals surface area contributed by atoms with Gasteiger partial charge in [-0.2, -0.15) is 0 Å². The number of rotatable bonds is 5. The quantitative estimate of drug-likeness (QED) is 0.775. The van der Waals surface area contributed by atoms with Crippen LogP contribution in [-0.4, -0.2) is 32.0 Å². The Hall–Kier alpha value is -1.42. The Morgan fingerprint density at radius 1 is 1.20 bits per heavy atom. The second-order valence-electron chi connectivity index (χ2n) is 3.33. The van der Waals surface area contributed by atoms with E-state index >= 15 is 0 Å². The molecule has 0 amide bonds. The summed E-state index contributed by atoms with van der Waals surface area (Å²) < 4.78 is 10.2. The predicted octanol–water partition coefficient (Wildman–Crippen LogP) is 1.50. The maximum atomic E-state index is 9.14. The van der Waals surface area contributed by atoms with Crippen molar-refractivity contribution >= 4 is 5.69 Å². The largest absolute Gasteiger partial charge is 0.497 e. The molecule has 0 aliphatic carbocycles. The summed E-state index contributed by atoms with van der Waals surface area (Å²) in [5.74, 6) is 1.45. The molecular formula is C11H17NO3. The average Bonchev–Trinajstić information content (AvgIpc) is 2.25. The van der Waals surface area contributed by atoms with E-state index in [4.69, 9.17) is 14.6 Å². The van der Waals surface area contributed by atoms with Gasteiger partial charge in [-0.15, -0.1) is 0 Å². The molecule has 0 aliphatic rings. The molecule has 4 heteroatoms. The van der Waals surface area contributed by atoms with Crippen molar-refractivity contribution < 1.29 is 14.6 Å². The van der Waals surface area contributed by atoms with Gasteiger partial charge in [0.2, 0.25) is 0 Å². The van der Waals surface area contributed by atoms with Gasteiger partial charge in [0, 0.05) is 30.4 Å². The van der Waals surface area contributed by atoms with E-state index in [-0.39, 0.29) is 6.10 Å². The zero-order chi connectivity index (χ0) is 11.3. The summed E-state index contributed by atoms with van der Waals surface area (Å²) in [7, 11) is 3.21. The van der Waals surface area contributed by atoms with Gasteiger partial charge in [0.1, 0.15) is 11.5 Å². The highest BCUT2D eigenvalue weighted by Crippen LogP contribution is 2.25. The highest BCUT2D eigenvalue weighted by molar-refractivity contribution is 5.53. The molecule has 4 nitrogen and oxygen atoms in total. The maximum absolute atomic E-state index is 9.14. The second kappa shape index (κ2) is 5.46. The molecule has 0 heterocycles. The Kier molecular flexibility index (Phi) is 4.24. The molecule has 1 aromatic carbocycles. The van der Waals surface area contributed by atoms with E-state index in [1.165, 1.54) is 0 Å². The zero-order valence-corrected chi connectivity index (χ0v) is 9.28. The lowest BCUT2D eigenvalue weighted by atomic mass is 10.2. The van der Waals surface area contributed by atoms with Crippen molar-refractivity contribution in [1.29, 1.82) is 0 Å². The Morgan fingerprint density at radius 2 is 1.73 bits per heavy atom. The van der Waals surface area contributed by atoms with Crippen LogP contribution >= 0.6 is 0 Å². The number of hydrogen-bond donors (Lipinski definition) is 2. The smallest absolute Gasteiger partial charge is 0.124 e. The molecule has 0 unspecified atom stereocenters. The van der Waals surface area contributed by atoms with E-state index in [2.05, 4.69) is 5.32 Å². The molecule has 0 radical (unpaired) electrons. The summed E-state index contributed by atoms with van der Waals surface area (Å²) in [5.41, 5.74) is 0.868. The molecular weight excluding hydrogens is 194 g/mol. The molecule has 1 atom stereocenters. The Bertz CT molecular complexity index is 290. The summed E-state index contributed by atoms with van der Waals surface area (Å²) in [6, 6.07) is 5.50. The number of aliphatic hydroxyl groups is 1. The normalized spacial score (nSPS) is 12.0. The van der Waals surface area contributed by atoms with Crippen molar-refractivity contribution in [2.75, 3.05) is 26.1 Å². The summed E-state index contributed by atoms with van der Waals surface area (Å²) in [6.45, 7) is 2.22. The van der Waals surface area contributed by atoms with Crippen LogP contribution in [0.5, 0.6) is 11.5 Å². The van der Waals surface area contributed by atoms with Gasteiger partial charge in [0.05, 0.1) is 20.3 Å². The lowest BCUT2D eigenvalue weighted by Gasteiger charge is -2.11. The van der Waals surface area contributed by atoms with Crippen LogP contribution in [-0.2, 0) is 0 Å². The molecule has 2 N–H and O–H groups in total. The van der Waals surface area contributed by atoms with Crippen LogP contribution in [0.15, 0.2) is 18.2 Å². The van der Waals surface area contributed by atoms with Crippen LogP contribution in [0.25, 0.3) is 0 Å². The molecule has 1 rings (SSSR count). The van der Waals surface area contributed by atoms with Crippen LogP contribution in [0.4, 0.5) is 5.69 Å². The van der Waals surface area contributed by atoms with E-state index < -0.39 is 0 Å². The minimum atomic E-state index is -0.387. The zero-order valence-electron chi connectivity index (χ0n) is 9.28. The first-order valence-electron chi connectivity index (χ1n) is 4.80. The van der Waals surface area contributed by atoms with E-state index in [9.17, 15) is 0 Å². The first-order chi connectivity index (χ1) is 7.15. The number of ether oxygens (including phenoxy) is 2. The highest BCUT2D eigenvalue weighted by atomic mass is 16.5. The van der Waals surface area contributed by atoms with E-state index in [1.807, 2.05) is 12.1 Å². The van der Waals surface area contributed by atoms with E-state index in [0.29, 0.717) is 6.54 Å². The summed E-state index contributed by atoms with van der Waals surface area (Å²) in [4.78, 5) is 0. The van der Waals surface area contributed by atoms with Crippen LogP contribution < -0.4 is 14.8 Å². The molecule has 1 aromatic rings. The minimum Gasteiger partial charge on any atom is -0.497 e. The van der Waals surface area contributed by atoms with Crippen molar-refractivity contribution in [3.8, 4) is 11.5 Å². The fourth-order valence-corrected chi connectivity index (χ4v) is 1.18. The van der Waals surface area contributed by atoms with Crippen LogP contribution in [0.3, 0.4) is 0 Å². The number of aliphatic hydroxyl groups excluding tert-OH is 1. The Labute approximate surface area is 89.8 Å². The number of methoxy groups -OCH3 is 2. The standard InChI is InChI=1S/C11H17NO3/c1-8(13)7-12-9-4-10(14-2)6-11(5-9)15-3/h4-6,8,12-13H,7H2,1-3H3/t8-/m1/s1. The average molecular weight is 211 g/mol. The lowest BCUT2D eigenvalue weighted by Crippen LogP contribution is -2.15. The van der Waals surface area contributed by atoms with Crippen molar-refractivity contribution in [2.24, 2.45) is 0 Å². The fraction of sp³-hybridized carbons (Fsp3) is 0.455. The van der Waals surface area contributed by atoms with Crippen LogP contribution in [0.2, 0.25) is 0 Å². The van der Waals surface area contributed by atoms with Gasteiger partial charge in [-0.1, -0.05) is 0 Å². The Balaban J connectivity index is 2.77. The van der Waals surface area contributed by atoms with Gasteiger partial charge >= 0.3 is 0 Å². The lowest BCUT2D eigenvalue weighted by molar-refractivity contribution is 0.208. The molecule has 0 bridgehead atoms. The summed E-state index contributed by atoms with van der Waals surface area (Å²) >= 11 is 0. The number of hydrogen-bond acceptors (Lipinski definition) is 4. The number of benzene rings is 1. The maximum Gasteiger partial charge on any atom is 0.124 e. The first kappa shape index (κ1) is 11.7. The molecule has 0 saturated carbocycles. The monoisotopic (exact) mass is 211 g/mol. The van der Waals surface area contributed by atoms with Crippen molar-refractivity contribution in [3.05, 3.63) is 18.2 Å². The molecule has 0 aliphatic heterocycles. The van der Waals surface area contributed by atoms with Gasteiger partial charge in [-0.3, -0.25) is 0 Å².